The van der Waals surface area contributed by atoms with Crippen LogP contribution in [-0.4, -0.2) is 12.6 Å². The molecule has 2 nitrogen and oxygen atoms in total. The van der Waals surface area contributed by atoms with Gasteiger partial charge in [-0.2, -0.15) is 0 Å². The minimum Gasteiger partial charge on any atom is -0.452 e. The van der Waals surface area contributed by atoms with Gasteiger partial charge in [-0.05, 0) is 6.42 Å². The Morgan fingerprint density at radius 3 is 2.89 bits per heavy atom. The second-order valence-corrected chi connectivity index (χ2v) is 1.47. The van der Waals surface area contributed by atoms with Gasteiger partial charge < -0.3 is 4.74 Å². The first-order chi connectivity index (χ1) is 4.31. The molecule has 0 aromatic heterocycles. The predicted octanol–water partition coefficient (Wildman–Crippen LogP) is 0.777. The maximum absolute atomic E-state index is 10.4. The van der Waals surface area contributed by atoms with E-state index in [1.807, 2.05) is 0 Å². The van der Waals surface area contributed by atoms with Crippen LogP contribution in [0.25, 0.3) is 0 Å². The van der Waals surface area contributed by atoms with Crippen molar-refractivity contribution in [2.24, 2.45) is 0 Å². The van der Waals surface area contributed by atoms with Crippen molar-refractivity contribution in [2.45, 2.75) is 12.8 Å². The van der Waals surface area contributed by atoms with Crippen molar-refractivity contribution in [3.05, 3.63) is 6.92 Å². The number of rotatable bonds is 3. The molecule has 0 fully saturated rings. The molecule has 0 bridgehead atoms. The Bertz CT molecular complexity index is 121. The lowest BCUT2D eigenvalue weighted by Crippen LogP contribution is -2.02. The topological polar surface area (TPSA) is 26.3 Å². The fraction of sp³-hybridized carbons (Fsp3) is 0.429. The van der Waals surface area contributed by atoms with Gasteiger partial charge in [-0.3, -0.25) is 4.79 Å². The largest absolute Gasteiger partial charge is 0.452 e. The third-order valence-corrected chi connectivity index (χ3v) is 0.697. The van der Waals surface area contributed by atoms with Crippen LogP contribution in [0.1, 0.15) is 12.8 Å². The highest BCUT2D eigenvalue weighted by Crippen LogP contribution is 1.88. The monoisotopic (exact) mass is 125 g/mol. The predicted molar refractivity (Wildman–Crippen MR) is 34.4 cm³/mol. The van der Waals surface area contributed by atoms with E-state index in [1.165, 1.54) is 0 Å². The van der Waals surface area contributed by atoms with E-state index >= 15 is 0 Å². The van der Waals surface area contributed by atoms with Crippen LogP contribution in [0, 0.1) is 19.3 Å². The Labute approximate surface area is 55.2 Å². The molecular weight excluding hydrogens is 116 g/mol. The van der Waals surface area contributed by atoms with Crippen LogP contribution in [0.4, 0.5) is 0 Å². The molecule has 0 aliphatic rings. The molecule has 0 saturated carbocycles. The standard InChI is InChI=1S/C7H9O2/c1-3-5-7(8)9-6-4-2/h2H,1,3,5-6H2. The van der Waals surface area contributed by atoms with E-state index in [1.54, 1.807) is 0 Å². The summed E-state index contributed by atoms with van der Waals surface area (Å²) in [5.41, 5.74) is 0. The number of ether oxygens (including phenoxy) is 1. The Morgan fingerprint density at radius 2 is 2.44 bits per heavy atom. The third kappa shape index (κ3) is 4.89. The quantitative estimate of drug-likeness (QED) is 0.411. The summed E-state index contributed by atoms with van der Waals surface area (Å²) in [6.45, 7) is 3.55. The van der Waals surface area contributed by atoms with Crippen LogP contribution in [0.5, 0.6) is 0 Å². The SMILES string of the molecule is C#CCOC(=O)CC[CH2]. The lowest BCUT2D eigenvalue weighted by Gasteiger charge is -1.95. The molecule has 0 aromatic carbocycles. The maximum Gasteiger partial charge on any atom is 0.306 e. The normalized spacial score (nSPS) is 8.00. The minimum atomic E-state index is -0.275. The third-order valence-electron chi connectivity index (χ3n) is 0.697. The van der Waals surface area contributed by atoms with Crippen molar-refractivity contribution in [3.63, 3.8) is 0 Å². The number of carbonyl (C=O) groups excluding carboxylic acids is 1. The van der Waals surface area contributed by atoms with E-state index in [9.17, 15) is 4.79 Å². The molecule has 0 aliphatic carbocycles. The molecule has 0 amide bonds. The first-order valence-electron chi connectivity index (χ1n) is 2.69. The van der Waals surface area contributed by atoms with E-state index in [0.29, 0.717) is 12.8 Å². The van der Waals surface area contributed by atoms with Gasteiger partial charge in [-0.15, -0.1) is 6.42 Å². The van der Waals surface area contributed by atoms with Gasteiger partial charge in [0.15, 0.2) is 6.61 Å². The fourth-order valence-corrected chi connectivity index (χ4v) is 0.339. The highest BCUT2D eigenvalue weighted by Gasteiger charge is 1.96. The van der Waals surface area contributed by atoms with Crippen LogP contribution in [0.2, 0.25) is 0 Å². The van der Waals surface area contributed by atoms with Crippen molar-refractivity contribution in [1.82, 2.24) is 0 Å². The summed E-state index contributed by atoms with van der Waals surface area (Å²) in [6, 6.07) is 0. The zero-order valence-electron chi connectivity index (χ0n) is 5.22. The number of carbonyl (C=O) groups is 1. The van der Waals surface area contributed by atoms with Crippen LogP contribution in [0.3, 0.4) is 0 Å². The van der Waals surface area contributed by atoms with E-state index < -0.39 is 0 Å². The molecule has 0 aliphatic heterocycles. The highest BCUT2D eigenvalue weighted by molar-refractivity contribution is 5.69. The average Bonchev–Trinajstić information content (AvgIpc) is 1.85. The van der Waals surface area contributed by atoms with E-state index in [2.05, 4.69) is 17.6 Å². The summed E-state index contributed by atoms with van der Waals surface area (Å²) < 4.78 is 4.52. The molecule has 0 saturated heterocycles. The Hall–Kier alpha value is -0.970. The first kappa shape index (κ1) is 8.03. The van der Waals surface area contributed by atoms with Crippen molar-refractivity contribution >= 4 is 5.97 Å². The van der Waals surface area contributed by atoms with Gasteiger partial charge in [0, 0.05) is 6.42 Å². The molecule has 0 aromatic rings. The summed E-state index contributed by atoms with van der Waals surface area (Å²) >= 11 is 0. The maximum atomic E-state index is 10.4. The van der Waals surface area contributed by atoms with Crippen molar-refractivity contribution < 1.29 is 9.53 Å². The van der Waals surface area contributed by atoms with Gasteiger partial charge in [0.05, 0.1) is 0 Å². The first-order valence-corrected chi connectivity index (χ1v) is 2.69. The average molecular weight is 125 g/mol. The van der Waals surface area contributed by atoms with Crippen LogP contribution >= 0.6 is 0 Å². The van der Waals surface area contributed by atoms with Gasteiger partial charge in [-0.25, -0.2) is 0 Å². The van der Waals surface area contributed by atoms with Crippen LogP contribution in [0.15, 0.2) is 0 Å². The molecule has 49 valence electrons. The molecule has 0 atom stereocenters. The smallest absolute Gasteiger partial charge is 0.306 e. The summed E-state index contributed by atoms with van der Waals surface area (Å²) in [6.07, 6.45) is 5.74. The molecular formula is C7H9O2. The summed E-state index contributed by atoms with van der Waals surface area (Å²) in [5.74, 6) is 1.92. The van der Waals surface area contributed by atoms with Crippen LogP contribution in [-0.2, 0) is 9.53 Å². The molecule has 2 heteroatoms. The second kappa shape index (κ2) is 5.17. The summed E-state index contributed by atoms with van der Waals surface area (Å²) in [5, 5.41) is 0. The van der Waals surface area contributed by atoms with Crippen molar-refractivity contribution in [3.8, 4) is 12.3 Å². The van der Waals surface area contributed by atoms with Gasteiger partial charge >= 0.3 is 5.97 Å². The lowest BCUT2D eigenvalue weighted by molar-refractivity contribution is -0.142. The number of hydrogen-bond acceptors (Lipinski definition) is 2. The molecule has 0 unspecified atom stereocenters. The Balaban J connectivity index is 3.19. The number of esters is 1. The Morgan fingerprint density at radius 1 is 1.78 bits per heavy atom. The van der Waals surface area contributed by atoms with Gasteiger partial charge in [0.25, 0.3) is 0 Å². The highest BCUT2D eigenvalue weighted by atomic mass is 16.5. The Kier molecular flexibility index (Phi) is 4.61. The fourth-order valence-electron chi connectivity index (χ4n) is 0.339. The molecule has 0 heterocycles. The zero-order chi connectivity index (χ0) is 7.11. The second-order valence-electron chi connectivity index (χ2n) is 1.47. The zero-order valence-corrected chi connectivity index (χ0v) is 5.22. The lowest BCUT2D eigenvalue weighted by atomic mass is 10.3. The summed E-state index contributed by atoms with van der Waals surface area (Å²) in [4.78, 5) is 10.4. The molecule has 0 rings (SSSR count). The summed E-state index contributed by atoms with van der Waals surface area (Å²) in [7, 11) is 0. The number of hydrogen-bond donors (Lipinski definition) is 0. The van der Waals surface area contributed by atoms with Gasteiger partial charge in [0.2, 0.25) is 0 Å². The van der Waals surface area contributed by atoms with Gasteiger partial charge in [-0.1, -0.05) is 12.8 Å². The van der Waals surface area contributed by atoms with Gasteiger partial charge in [0.1, 0.15) is 0 Å². The minimum absolute atomic E-state index is 0.0683. The molecule has 0 N–H and O–H groups in total. The number of terminal acetylenes is 1. The van der Waals surface area contributed by atoms with E-state index in [0.717, 1.165) is 0 Å². The molecule has 9 heavy (non-hydrogen) atoms. The van der Waals surface area contributed by atoms with E-state index in [-0.39, 0.29) is 12.6 Å². The van der Waals surface area contributed by atoms with Crippen LogP contribution < -0.4 is 0 Å². The molecule has 0 spiro atoms. The molecule has 1 radical (unpaired) electrons. The van der Waals surface area contributed by atoms with E-state index in [4.69, 9.17) is 6.42 Å². The van der Waals surface area contributed by atoms with Crippen molar-refractivity contribution in [2.75, 3.05) is 6.61 Å². The van der Waals surface area contributed by atoms with Crippen molar-refractivity contribution in [1.29, 1.82) is 0 Å².